The topological polar surface area (TPSA) is 29.5 Å². The van der Waals surface area contributed by atoms with Gasteiger partial charge in [-0.1, -0.05) is 19.8 Å². The molecule has 2 heterocycles. The first-order valence-electron chi connectivity index (χ1n) is 7.04. The quantitative estimate of drug-likeness (QED) is 0.738. The summed E-state index contributed by atoms with van der Waals surface area (Å²) in [6, 6.07) is 1.52. The van der Waals surface area contributed by atoms with Gasteiger partial charge in [0.1, 0.15) is 5.78 Å². The number of rotatable bonds is 5. The van der Waals surface area contributed by atoms with Crippen LogP contribution in [0.25, 0.3) is 0 Å². The number of carbonyl (C=O) groups excluding carboxylic acids is 1. The Balaban J connectivity index is 2.08. The lowest BCUT2D eigenvalue weighted by Crippen LogP contribution is -2.57. The number of ether oxygens (including phenoxy) is 1. The van der Waals surface area contributed by atoms with Gasteiger partial charge in [0.2, 0.25) is 0 Å². The summed E-state index contributed by atoms with van der Waals surface area (Å²) in [6.07, 6.45) is 7.64. The lowest BCUT2D eigenvalue weighted by atomic mass is 9.82. The molecule has 3 heteroatoms. The molecule has 0 saturated carbocycles. The van der Waals surface area contributed by atoms with E-state index < -0.39 is 0 Å². The highest BCUT2D eigenvalue weighted by molar-refractivity contribution is 5.80. The number of fused-ring (bicyclic) bond motifs is 2. The highest BCUT2D eigenvalue weighted by atomic mass is 16.5. The lowest BCUT2D eigenvalue weighted by molar-refractivity contribution is -0.130. The Morgan fingerprint density at radius 3 is 2.53 bits per heavy atom. The Kier molecular flexibility index (Phi) is 4.57. The fourth-order valence-electron chi connectivity index (χ4n) is 3.65. The molecule has 0 spiro atoms. The molecule has 0 amide bonds. The van der Waals surface area contributed by atoms with E-state index in [1.54, 1.807) is 7.11 Å². The second-order valence-corrected chi connectivity index (χ2v) is 5.53. The molecule has 3 unspecified atom stereocenters. The fourth-order valence-corrected chi connectivity index (χ4v) is 3.65. The number of Topliss-reactive ketones (excluding diaryl/α,β-unsaturated/α-hetero) is 1. The second kappa shape index (κ2) is 5.96. The summed E-state index contributed by atoms with van der Waals surface area (Å²) in [7, 11) is 1.79. The predicted octanol–water partition coefficient (Wildman–Crippen LogP) is 2.39. The zero-order chi connectivity index (χ0) is 12.3. The highest BCUT2D eigenvalue weighted by Gasteiger charge is 2.40. The van der Waals surface area contributed by atoms with Crippen LogP contribution in [-0.4, -0.2) is 42.5 Å². The van der Waals surface area contributed by atoms with Crippen molar-refractivity contribution in [1.82, 2.24) is 4.90 Å². The van der Waals surface area contributed by atoms with Crippen LogP contribution in [0.2, 0.25) is 0 Å². The van der Waals surface area contributed by atoms with Crippen molar-refractivity contribution in [3.8, 4) is 0 Å². The van der Waals surface area contributed by atoms with E-state index in [0.717, 1.165) is 19.4 Å². The van der Waals surface area contributed by atoms with Crippen LogP contribution in [0.15, 0.2) is 0 Å². The van der Waals surface area contributed by atoms with Gasteiger partial charge in [0, 0.05) is 38.1 Å². The molecule has 2 aliphatic rings. The zero-order valence-electron chi connectivity index (χ0n) is 11.2. The monoisotopic (exact) mass is 239 g/mol. The third-order valence-corrected chi connectivity index (χ3v) is 4.25. The Labute approximate surface area is 105 Å². The minimum Gasteiger partial charge on any atom is -0.383 e. The van der Waals surface area contributed by atoms with Crippen molar-refractivity contribution in [2.45, 2.75) is 70.0 Å². The number of methoxy groups -OCH3 is 1. The molecule has 0 aromatic carbocycles. The predicted molar refractivity (Wildman–Crippen MR) is 68.1 cm³/mol. The van der Waals surface area contributed by atoms with Gasteiger partial charge in [-0.2, -0.15) is 0 Å². The standard InChI is InChI=1S/C14H25NO2/c1-3-5-13(10-17-2)15-11-6-4-7-12(15)9-14(16)8-11/h11-13H,3-10H2,1-2H3. The van der Waals surface area contributed by atoms with Gasteiger partial charge >= 0.3 is 0 Å². The summed E-state index contributed by atoms with van der Waals surface area (Å²) >= 11 is 0. The molecule has 2 aliphatic heterocycles. The van der Waals surface area contributed by atoms with Crippen LogP contribution < -0.4 is 0 Å². The average Bonchev–Trinajstić information content (AvgIpc) is 2.27. The van der Waals surface area contributed by atoms with Gasteiger partial charge in [0.05, 0.1) is 6.61 Å². The average molecular weight is 239 g/mol. The number of carbonyl (C=O) groups is 1. The molecule has 3 atom stereocenters. The lowest BCUT2D eigenvalue weighted by Gasteiger charge is -2.49. The first-order chi connectivity index (χ1) is 8.26. The summed E-state index contributed by atoms with van der Waals surface area (Å²) < 4.78 is 5.38. The number of hydrogen-bond donors (Lipinski definition) is 0. The molecule has 0 radical (unpaired) electrons. The number of piperidine rings is 2. The van der Waals surface area contributed by atoms with E-state index in [-0.39, 0.29) is 0 Å². The van der Waals surface area contributed by atoms with Crippen LogP contribution >= 0.6 is 0 Å². The summed E-state index contributed by atoms with van der Waals surface area (Å²) in [4.78, 5) is 14.3. The fraction of sp³-hybridized carbons (Fsp3) is 0.929. The Morgan fingerprint density at radius 2 is 2.00 bits per heavy atom. The van der Waals surface area contributed by atoms with Gasteiger partial charge in [-0.05, 0) is 19.3 Å². The largest absolute Gasteiger partial charge is 0.383 e. The molecule has 0 N–H and O–H groups in total. The Hall–Kier alpha value is -0.410. The molecule has 98 valence electrons. The van der Waals surface area contributed by atoms with Crippen molar-refractivity contribution < 1.29 is 9.53 Å². The normalized spacial score (nSPS) is 31.5. The minimum absolute atomic E-state index is 0.476. The molecule has 2 rings (SSSR count). The molecular formula is C14H25NO2. The van der Waals surface area contributed by atoms with Crippen molar-refractivity contribution in [1.29, 1.82) is 0 Å². The number of ketones is 1. The first-order valence-corrected chi connectivity index (χ1v) is 7.04. The molecule has 0 aromatic rings. The molecule has 2 fully saturated rings. The van der Waals surface area contributed by atoms with Gasteiger partial charge in [-0.25, -0.2) is 0 Å². The summed E-state index contributed by atoms with van der Waals surface area (Å²) in [5.74, 6) is 0.476. The molecular weight excluding hydrogens is 214 g/mol. The van der Waals surface area contributed by atoms with Gasteiger partial charge in [-0.15, -0.1) is 0 Å². The van der Waals surface area contributed by atoms with Crippen molar-refractivity contribution >= 4 is 5.78 Å². The SMILES string of the molecule is CCCC(COC)N1C2CCCC1CC(=O)C2. The van der Waals surface area contributed by atoms with Crippen molar-refractivity contribution in [2.24, 2.45) is 0 Å². The maximum Gasteiger partial charge on any atom is 0.136 e. The minimum atomic E-state index is 0.476. The van der Waals surface area contributed by atoms with E-state index in [0.29, 0.717) is 23.9 Å². The van der Waals surface area contributed by atoms with E-state index in [4.69, 9.17) is 4.74 Å². The van der Waals surface area contributed by atoms with Crippen LogP contribution in [0.4, 0.5) is 0 Å². The van der Waals surface area contributed by atoms with E-state index in [9.17, 15) is 4.79 Å². The number of nitrogens with zero attached hydrogens (tertiary/aromatic N) is 1. The van der Waals surface area contributed by atoms with Gasteiger partial charge in [0.15, 0.2) is 0 Å². The third kappa shape index (κ3) is 2.89. The van der Waals surface area contributed by atoms with Gasteiger partial charge < -0.3 is 4.74 Å². The van der Waals surface area contributed by atoms with Crippen LogP contribution in [0.3, 0.4) is 0 Å². The van der Waals surface area contributed by atoms with Crippen molar-refractivity contribution in [2.75, 3.05) is 13.7 Å². The van der Waals surface area contributed by atoms with Crippen LogP contribution in [0, 0.1) is 0 Å². The van der Waals surface area contributed by atoms with Crippen molar-refractivity contribution in [3.05, 3.63) is 0 Å². The van der Waals surface area contributed by atoms with Crippen LogP contribution in [-0.2, 0) is 9.53 Å². The maximum absolute atomic E-state index is 11.7. The third-order valence-electron chi connectivity index (χ3n) is 4.25. The summed E-state index contributed by atoms with van der Waals surface area (Å²) in [6.45, 7) is 3.04. The first kappa shape index (κ1) is 13.0. The molecule has 0 aliphatic carbocycles. The van der Waals surface area contributed by atoms with E-state index in [1.165, 1.54) is 32.1 Å². The summed E-state index contributed by atoms with van der Waals surface area (Å²) in [5.41, 5.74) is 0. The van der Waals surface area contributed by atoms with E-state index in [1.807, 2.05) is 0 Å². The maximum atomic E-state index is 11.7. The molecule has 3 nitrogen and oxygen atoms in total. The summed E-state index contributed by atoms with van der Waals surface area (Å²) in [5, 5.41) is 0. The van der Waals surface area contributed by atoms with Gasteiger partial charge in [-0.3, -0.25) is 9.69 Å². The van der Waals surface area contributed by atoms with Gasteiger partial charge in [0.25, 0.3) is 0 Å². The Bertz CT molecular complexity index is 245. The molecule has 2 bridgehead atoms. The molecule has 2 saturated heterocycles. The molecule has 0 aromatic heterocycles. The smallest absolute Gasteiger partial charge is 0.136 e. The van der Waals surface area contributed by atoms with Crippen LogP contribution in [0.1, 0.15) is 51.9 Å². The van der Waals surface area contributed by atoms with Crippen LogP contribution in [0.5, 0.6) is 0 Å². The van der Waals surface area contributed by atoms with Crippen molar-refractivity contribution in [3.63, 3.8) is 0 Å². The van der Waals surface area contributed by atoms with E-state index >= 15 is 0 Å². The van der Waals surface area contributed by atoms with E-state index in [2.05, 4.69) is 11.8 Å². The zero-order valence-corrected chi connectivity index (χ0v) is 11.2. The second-order valence-electron chi connectivity index (χ2n) is 5.53. The number of hydrogen-bond acceptors (Lipinski definition) is 3. The highest BCUT2D eigenvalue weighted by Crippen LogP contribution is 2.34. The molecule has 17 heavy (non-hydrogen) atoms. The Morgan fingerprint density at radius 1 is 1.35 bits per heavy atom.